The molecule has 0 saturated carbocycles. The molecule has 8 heteroatoms. The van der Waals surface area contributed by atoms with Crippen molar-refractivity contribution < 1.29 is 19.1 Å². The molecular formula is C12H20N2O5S. The predicted octanol–water partition coefficient (Wildman–Crippen LogP) is 2.34. The van der Waals surface area contributed by atoms with Crippen molar-refractivity contribution in [2.45, 2.75) is 51.0 Å². The lowest BCUT2D eigenvalue weighted by molar-refractivity contribution is -0.148. The molecule has 7 nitrogen and oxygen atoms in total. The van der Waals surface area contributed by atoms with E-state index in [9.17, 15) is 14.5 Å². The van der Waals surface area contributed by atoms with Crippen molar-refractivity contribution in [1.29, 1.82) is 0 Å². The van der Waals surface area contributed by atoms with Crippen LogP contribution >= 0.6 is 11.9 Å². The summed E-state index contributed by atoms with van der Waals surface area (Å²) in [4.78, 5) is 35.6. The number of hydrogen-bond donors (Lipinski definition) is 0. The van der Waals surface area contributed by atoms with Crippen LogP contribution in [0.15, 0.2) is 4.58 Å². The molecule has 1 heterocycles. The van der Waals surface area contributed by atoms with Gasteiger partial charge in [0.1, 0.15) is 11.6 Å². The van der Waals surface area contributed by atoms with Crippen LogP contribution in [0.3, 0.4) is 0 Å². The number of carbonyl (C=O) groups excluding carboxylic acids is 2. The van der Waals surface area contributed by atoms with Crippen molar-refractivity contribution in [2.75, 3.05) is 13.2 Å². The van der Waals surface area contributed by atoms with Crippen LogP contribution in [-0.4, -0.2) is 47.0 Å². The Labute approximate surface area is 122 Å². The molecule has 0 aliphatic carbocycles. The number of ether oxygens (including phenoxy) is 2. The molecule has 1 aliphatic heterocycles. The van der Waals surface area contributed by atoms with E-state index in [2.05, 4.69) is 4.58 Å². The van der Waals surface area contributed by atoms with E-state index < -0.39 is 23.7 Å². The van der Waals surface area contributed by atoms with Crippen LogP contribution in [0.4, 0.5) is 4.79 Å². The first kappa shape index (κ1) is 16.7. The second-order valence-electron chi connectivity index (χ2n) is 5.44. The van der Waals surface area contributed by atoms with Crippen LogP contribution < -0.4 is 0 Å². The van der Waals surface area contributed by atoms with Gasteiger partial charge in [0.15, 0.2) is 0 Å². The number of likely N-dealkylation sites (tertiary alicyclic amines) is 1. The molecule has 0 aromatic rings. The van der Waals surface area contributed by atoms with Gasteiger partial charge < -0.3 is 9.47 Å². The van der Waals surface area contributed by atoms with Gasteiger partial charge in [-0.25, -0.2) is 9.59 Å². The molecule has 0 spiro atoms. The molecule has 20 heavy (non-hydrogen) atoms. The maximum atomic E-state index is 12.1. The third kappa shape index (κ3) is 4.66. The monoisotopic (exact) mass is 304 g/mol. The van der Waals surface area contributed by atoms with Crippen molar-refractivity contribution in [1.82, 2.24) is 4.90 Å². The van der Waals surface area contributed by atoms with Crippen LogP contribution in [0.25, 0.3) is 0 Å². The summed E-state index contributed by atoms with van der Waals surface area (Å²) in [6.07, 6.45) is -0.237. The van der Waals surface area contributed by atoms with Gasteiger partial charge in [-0.2, -0.15) is 0 Å². The predicted molar refractivity (Wildman–Crippen MR) is 75.2 cm³/mol. The summed E-state index contributed by atoms with van der Waals surface area (Å²) in [6, 6.07) is -0.718. The second-order valence-corrected chi connectivity index (χ2v) is 6.46. The molecule has 0 aromatic carbocycles. The zero-order chi connectivity index (χ0) is 15.3. The molecule has 1 saturated heterocycles. The fraction of sp³-hybridized carbons (Fsp3) is 0.833. The zero-order valence-corrected chi connectivity index (χ0v) is 12.9. The van der Waals surface area contributed by atoms with E-state index in [0.717, 1.165) is 11.9 Å². The summed E-state index contributed by atoms with van der Waals surface area (Å²) in [6.45, 7) is 7.43. The minimum atomic E-state index is -0.718. The van der Waals surface area contributed by atoms with Gasteiger partial charge in [-0.05, 0) is 34.1 Å². The van der Waals surface area contributed by atoms with E-state index in [0.29, 0.717) is 6.42 Å². The minimum absolute atomic E-state index is 0.213. The number of amides is 1. The highest BCUT2D eigenvalue weighted by molar-refractivity contribution is 7.98. The SMILES string of the molecule is CCOC(=O)C1CC(SN=O)CN1C(=O)OC(C)(C)C. The molecule has 0 bridgehead atoms. The summed E-state index contributed by atoms with van der Waals surface area (Å²) in [5, 5.41) is -0.213. The van der Waals surface area contributed by atoms with Crippen LogP contribution in [0.5, 0.6) is 0 Å². The second kappa shape index (κ2) is 6.92. The zero-order valence-electron chi connectivity index (χ0n) is 12.1. The molecule has 114 valence electrons. The molecule has 1 rings (SSSR count). The van der Waals surface area contributed by atoms with E-state index in [1.807, 2.05) is 0 Å². The van der Waals surface area contributed by atoms with Crippen LogP contribution in [0.2, 0.25) is 0 Å². The number of esters is 1. The van der Waals surface area contributed by atoms with Gasteiger partial charge in [0, 0.05) is 23.1 Å². The van der Waals surface area contributed by atoms with Crippen LogP contribution in [0.1, 0.15) is 34.1 Å². The van der Waals surface area contributed by atoms with Gasteiger partial charge in [0.05, 0.1) is 11.9 Å². The molecule has 1 fully saturated rings. The minimum Gasteiger partial charge on any atom is -0.464 e. The maximum absolute atomic E-state index is 12.1. The summed E-state index contributed by atoms with van der Waals surface area (Å²) in [5.74, 6) is -0.479. The van der Waals surface area contributed by atoms with Gasteiger partial charge in [-0.3, -0.25) is 4.90 Å². The van der Waals surface area contributed by atoms with Gasteiger partial charge in [-0.15, -0.1) is 4.91 Å². The van der Waals surface area contributed by atoms with Gasteiger partial charge in [-0.1, -0.05) is 0 Å². The van der Waals surface area contributed by atoms with Crippen molar-refractivity contribution in [2.24, 2.45) is 4.58 Å². The Kier molecular flexibility index (Phi) is 5.79. The quantitative estimate of drug-likeness (QED) is 0.450. The van der Waals surface area contributed by atoms with Crippen LogP contribution in [-0.2, 0) is 14.3 Å². The largest absolute Gasteiger partial charge is 0.464 e. The third-order valence-corrected chi connectivity index (χ3v) is 3.37. The summed E-state index contributed by atoms with van der Waals surface area (Å²) in [7, 11) is 0. The number of carbonyl (C=O) groups is 2. The Balaban J connectivity index is 2.79. The Morgan fingerprint density at radius 3 is 2.55 bits per heavy atom. The molecule has 1 amide bonds. The molecule has 1 aliphatic rings. The average Bonchev–Trinajstić information content (AvgIpc) is 2.72. The highest BCUT2D eigenvalue weighted by Crippen LogP contribution is 2.30. The topological polar surface area (TPSA) is 85.3 Å². The van der Waals surface area contributed by atoms with Gasteiger partial charge in [0.2, 0.25) is 0 Å². The number of nitrogens with zero attached hydrogens (tertiary/aromatic N) is 2. The third-order valence-electron chi connectivity index (χ3n) is 2.64. The van der Waals surface area contributed by atoms with E-state index in [1.54, 1.807) is 27.7 Å². The molecule has 2 unspecified atom stereocenters. The average molecular weight is 304 g/mol. The highest BCUT2D eigenvalue weighted by Gasteiger charge is 2.42. The normalized spacial score (nSPS) is 22.5. The first-order valence-electron chi connectivity index (χ1n) is 6.43. The molecule has 2 atom stereocenters. The fourth-order valence-corrected chi connectivity index (χ4v) is 2.54. The van der Waals surface area contributed by atoms with Crippen molar-refractivity contribution in [3.05, 3.63) is 4.91 Å². The first-order valence-corrected chi connectivity index (χ1v) is 7.27. The molecule has 0 radical (unpaired) electrons. The lowest BCUT2D eigenvalue weighted by Crippen LogP contribution is -2.44. The smallest absolute Gasteiger partial charge is 0.411 e. The van der Waals surface area contributed by atoms with E-state index in [1.165, 1.54) is 4.90 Å². The Morgan fingerprint density at radius 1 is 1.40 bits per heavy atom. The summed E-state index contributed by atoms with van der Waals surface area (Å²) >= 11 is 0.829. The van der Waals surface area contributed by atoms with Crippen LogP contribution in [0, 0.1) is 4.91 Å². The Hall–Kier alpha value is -1.31. The van der Waals surface area contributed by atoms with Crippen molar-refractivity contribution in [3.8, 4) is 0 Å². The first-order chi connectivity index (χ1) is 9.28. The standard InChI is InChI=1S/C12H20N2O5S/c1-5-18-10(15)9-6-8(20-13-17)7-14(9)11(16)19-12(2,3)4/h8-9H,5-7H2,1-4H3. The maximum Gasteiger partial charge on any atom is 0.411 e. The van der Waals surface area contributed by atoms with E-state index in [-0.39, 0.29) is 18.4 Å². The highest BCUT2D eigenvalue weighted by atomic mass is 32.2. The number of nitroso groups, excluding NO2 is 1. The van der Waals surface area contributed by atoms with Crippen molar-refractivity contribution in [3.63, 3.8) is 0 Å². The number of rotatable bonds is 4. The number of hydrogen-bond acceptors (Lipinski definition) is 7. The van der Waals surface area contributed by atoms with E-state index in [4.69, 9.17) is 9.47 Å². The lowest BCUT2D eigenvalue weighted by Gasteiger charge is -2.27. The summed E-state index contributed by atoms with van der Waals surface area (Å²) in [5.41, 5.74) is -0.648. The lowest BCUT2D eigenvalue weighted by atomic mass is 10.2. The fourth-order valence-electron chi connectivity index (χ4n) is 1.92. The van der Waals surface area contributed by atoms with Gasteiger partial charge >= 0.3 is 12.1 Å². The summed E-state index contributed by atoms with van der Waals surface area (Å²) < 4.78 is 13.0. The molecule has 0 N–H and O–H groups in total. The Bertz CT molecular complexity index is 383. The Morgan fingerprint density at radius 2 is 2.05 bits per heavy atom. The van der Waals surface area contributed by atoms with E-state index >= 15 is 0 Å². The van der Waals surface area contributed by atoms with Crippen molar-refractivity contribution >= 4 is 24.0 Å². The molecular weight excluding hydrogens is 284 g/mol. The van der Waals surface area contributed by atoms with Gasteiger partial charge in [0.25, 0.3) is 0 Å². The molecule has 0 aromatic heterocycles.